The van der Waals surface area contributed by atoms with Crippen LogP contribution >= 0.6 is 0 Å². The highest BCUT2D eigenvalue weighted by atomic mass is 32.2. The molecule has 1 aliphatic rings. The smallest absolute Gasteiger partial charge is 0.214 e. The summed E-state index contributed by atoms with van der Waals surface area (Å²) in [6.07, 6.45) is -1.11. The first-order valence-electron chi connectivity index (χ1n) is 6.72. The minimum absolute atomic E-state index is 0.0986. The number of benzene rings is 1. The van der Waals surface area contributed by atoms with Gasteiger partial charge in [0.2, 0.25) is 10.0 Å². The van der Waals surface area contributed by atoms with Crippen LogP contribution in [0.5, 0.6) is 5.75 Å². The molecule has 0 bridgehead atoms. The SMILES string of the molecule is CCS(=O)(=O)N(C)[C@@H]1c2cc(F)ccc2OC(C)(C)[C@H]1O. The number of nitrogens with zero attached hydrogens (tertiary/aromatic N) is 1. The summed E-state index contributed by atoms with van der Waals surface area (Å²) in [5.41, 5.74) is -0.645. The summed E-state index contributed by atoms with van der Waals surface area (Å²) in [4.78, 5) is 0. The Morgan fingerprint density at radius 2 is 2.05 bits per heavy atom. The van der Waals surface area contributed by atoms with Gasteiger partial charge in [0.15, 0.2) is 0 Å². The van der Waals surface area contributed by atoms with Crippen molar-refractivity contribution in [3.63, 3.8) is 0 Å². The molecule has 0 aromatic heterocycles. The summed E-state index contributed by atoms with van der Waals surface area (Å²) in [7, 11) is -2.15. The van der Waals surface area contributed by atoms with Gasteiger partial charge in [0.25, 0.3) is 0 Å². The van der Waals surface area contributed by atoms with E-state index in [-0.39, 0.29) is 5.75 Å². The molecule has 0 saturated carbocycles. The van der Waals surface area contributed by atoms with E-state index in [0.29, 0.717) is 11.3 Å². The van der Waals surface area contributed by atoms with Crippen molar-refractivity contribution in [2.45, 2.75) is 38.5 Å². The lowest BCUT2D eigenvalue weighted by Gasteiger charge is -2.44. The second kappa shape index (κ2) is 5.23. The molecule has 0 fully saturated rings. The molecule has 0 amide bonds. The Kier molecular flexibility index (Phi) is 4.03. The number of ether oxygens (including phenoxy) is 1. The highest BCUT2D eigenvalue weighted by Gasteiger charge is 2.47. The van der Waals surface area contributed by atoms with Crippen molar-refractivity contribution < 1.29 is 22.7 Å². The number of likely N-dealkylation sites (N-methyl/N-ethyl adjacent to an activating group) is 1. The number of hydrogen-bond donors (Lipinski definition) is 1. The van der Waals surface area contributed by atoms with Crippen LogP contribution in [0.25, 0.3) is 0 Å². The summed E-state index contributed by atoms with van der Waals surface area (Å²) in [6, 6.07) is 3.03. The van der Waals surface area contributed by atoms with Crippen molar-refractivity contribution in [3.8, 4) is 5.75 Å². The van der Waals surface area contributed by atoms with Gasteiger partial charge in [-0.2, -0.15) is 4.31 Å². The first kappa shape index (κ1) is 16.2. The first-order chi connectivity index (χ1) is 9.60. The van der Waals surface area contributed by atoms with E-state index in [1.807, 2.05) is 0 Å². The highest BCUT2D eigenvalue weighted by molar-refractivity contribution is 7.89. The number of aliphatic hydroxyl groups excluding tert-OH is 1. The summed E-state index contributed by atoms with van der Waals surface area (Å²) in [5.74, 6) is -0.218. The Hall–Kier alpha value is -1.18. The van der Waals surface area contributed by atoms with E-state index < -0.39 is 33.6 Å². The van der Waals surface area contributed by atoms with Crippen molar-refractivity contribution >= 4 is 10.0 Å². The summed E-state index contributed by atoms with van der Waals surface area (Å²) < 4.78 is 44.6. The van der Waals surface area contributed by atoms with Crippen LogP contribution in [-0.4, -0.2) is 42.3 Å². The van der Waals surface area contributed by atoms with E-state index >= 15 is 0 Å². The van der Waals surface area contributed by atoms with Gasteiger partial charge in [-0.1, -0.05) is 0 Å². The standard InChI is InChI=1S/C14H20FNO4S/c1-5-21(18,19)16(4)12-10-8-9(15)6-7-11(10)20-14(2,3)13(12)17/h6-8,12-13,17H,5H2,1-4H3/t12-,13+/m1/s1. The van der Waals surface area contributed by atoms with Gasteiger partial charge in [0.05, 0.1) is 11.8 Å². The third-order valence-electron chi connectivity index (χ3n) is 3.87. The van der Waals surface area contributed by atoms with Gasteiger partial charge < -0.3 is 9.84 Å². The number of rotatable bonds is 3. The van der Waals surface area contributed by atoms with Gasteiger partial charge in [0, 0.05) is 12.6 Å². The topological polar surface area (TPSA) is 66.8 Å². The zero-order valence-electron chi connectivity index (χ0n) is 12.5. The Labute approximate surface area is 124 Å². The third-order valence-corrected chi connectivity index (χ3v) is 5.70. The molecule has 1 N–H and O–H groups in total. The van der Waals surface area contributed by atoms with E-state index in [1.54, 1.807) is 13.8 Å². The fourth-order valence-electron chi connectivity index (χ4n) is 2.51. The molecular weight excluding hydrogens is 297 g/mol. The van der Waals surface area contributed by atoms with E-state index in [0.717, 1.165) is 4.31 Å². The first-order valence-corrected chi connectivity index (χ1v) is 8.33. The Balaban J connectivity index is 2.60. The van der Waals surface area contributed by atoms with Gasteiger partial charge in [-0.05, 0) is 39.0 Å². The number of hydrogen-bond acceptors (Lipinski definition) is 4. The molecule has 0 radical (unpaired) electrons. The molecular formula is C14H20FNO4S. The van der Waals surface area contributed by atoms with Crippen LogP contribution < -0.4 is 4.74 Å². The van der Waals surface area contributed by atoms with Crippen molar-refractivity contribution in [3.05, 3.63) is 29.6 Å². The van der Waals surface area contributed by atoms with Gasteiger partial charge in [-0.25, -0.2) is 12.8 Å². The minimum Gasteiger partial charge on any atom is -0.485 e. The second-order valence-electron chi connectivity index (χ2n) is 5.69. The number of sulfonamides is 1. The molecule has 21 heavy (non-hydrogen) atoms. The van der Waals surface area contributed by atoms with Gasteiger partial charge in [0.1, 0.15) is 23.3 Å². The number of halogens is 1. The van der Waals surface area contributed by atoms with Crippen LogP contribution in [0.1, 0.15) is 32.4 Å². The molecule has 2 rings (SSSR count). The summed E-state index contributed by atoms with van der Waals surface area (Å²) in [5, 5.41) is 10.5. The molecule has 1 aliphatic heterocycles. The maximum absolute atomic E-state index is 13.5. The fraction of sp³-hybridized carbons (Fsp3) is 0.571. The van der Waals surface area contributed by atoms with Crippen LogP contribution in [0.2, 0.25) is 0 Å². The zero-order valence-corrected chi connectivity index (χ0v) is 13.3. The highest BCUT2D eigenvalue weighted by Crippen LogP contribution is 2.43. The van der Waals surface area contributed by atoms with E-state index in [1.165, 1.54) is 32.2 Å². The lowest BCUT2D eigenvalue weighted by Crippen LogP contribution is -2.54. The van der Waals surface area contributed by atoms with Gasteiger partial charge >= 0.3 is 0 Å². The normalized spacial score (nSPS) is 24.5. The predicted octanol–water partition coefficient (Wildman–Crippen LogP) is 1.68. The number of fused-ring (bicyclic) bond motifs is 1. The molecule has 1 aromatic carbocycles. The lowest BCUT2D eigenvalue weighted by atomic mass is 9.86. The second-order valence-corrected chi connectivity index (χ2v) is 8.01. The minimum atomic E-state index is -3.54. The van der Waals surface area contributed by atoms with Crippen molar-refractivity contribution in [1.29, 1.82) is 0 Å². The molecule has 5 nitrogen and oxygen atoms in total. The third kappa shape index (κ3) is 2.77. The van der Waals surface area contributed by atoms with Gasteiger partial charge in [-0.3, -0.25) is 0 Å². The average Bonchev–Trinajstić information content (AvgIpc) is 2.40. The Morgan fingerprint density at radius 1 is 1.43 bits per heavy atom. The summed E-state index contributed by atoms with van der Waals surface area (Å²) >= 11 is 0. The van der Waals surface area contributed by atoms with Crippen LogP contribution in [0.3, 0.4) is 0 Å². The zero-order chi connectivity index (χ0) is 16.0. The Bertz CT molecular complexity index is 644. The van der Waals surface area contributed by atoms with Crippen LogP contribution in [0.15, 0.2) is 18.2 Å². The maximum atomic E-state index is 13.5. The predicted molar refractivity (Wildman–Crippen MR) is 77.1 cm³/mol. The van der Waals surface area contributed by atoms with Crippen LogP contribution in [-0.2, 0) is 10.0 Å². The van der Waals surface area contributed by atoms with E-state index in [4.69, 9.17) is 4.74 Å². The lowest BCUT2D eigenvalue weighted by molar-refractivity contribution is -0.0764. The van der Waals surface area contributed by atoms with Crippen molar-refractivity contribution in [2.75, 3.05) is 12.8 Å². The maximum Gasteiger partial charge on any atom is 0.214 e. The quantitative estimate of drug-likeness (QED) is 0.921. The number of aliphatic hydroxyl groups is 1. The molecule has 1 heterocycles. The molecule has 118 valence electrons. The fourth-order valence-corrected chi connectivity index (χ4v) is 3.49. The van der Waals surface area contributed by atoms with E-state index in [9.17, 15) is 17.9 Å². The average molecular weight is 317 g/mol. The molecule has 0 aliphatic carbocycles. The molecule has 2 atom stereocenters. The van der Waals surface area contributed by atoms with Crippen molar-refractivity contribution in [2.24, 2.45) is 0 Å². The summed E-state index contributed by atoms with van der Waals surface area (Å²) in [6.45, 7) is 4.86. The molecule has 0 saturated heterocycles. The molecule has 1 aromatic rings. The largest absolute Gasteiger partial charge is 0.485 e. The van der Waals surface area contributed by atoms with E-state index in [2.05, 4.69) is 0 Å². The molecule has 0 spiro atoms. The molecule has 0 unspecified atom stereocenters. The van der Waals surface area contributed by atoms with Crippen molar-refractivity contribution in [1.82, 2.24) is 4.31 Å². The van der Waals surface area contributed by atoms with Crippen LogP contribution in [0, 0.1) is 5.82 Å². The monoisotopic (exact) mass is 317 g/mol. The Morgan fingerprint density at radius 3 is 2.62 bits per heavy atom. The van der Waals surface area contributed by atoms with Crippen LogP contribution in [0.4, 0.5) is 4.39 Å². The molecule has 7 heteroatoms. The van der Waals surface area contributed by atoms with Gasteiger partial charge in [-0.15, -0.1) is 0 Å².